The second-order valence-electron chi connectivity index (χ2n) is 14.8. The Morgan fingerprint density at radius 1 is 0.250 bits per heavy atom. The predicted octanol–water partition coefficient (Wildman–Crippen LogP) is 12.1. The third kappa shape index (κ3) is 5.54. The molecule has 280 valence electrons. The first-order chi connectivity index (χ1) is 29.7. The summed E-state index contributed by atoms with van der Waals surface area (Å²) in [6.45, 7) is 0. The molecule has 4 heterocycles. The molecule has 4 aromatic heterocycles. The van der Waals surface area contributed by atoms with E-state index >= 15 is 0 Å². The van der Waals surface area contributed by atoms with E-state index in [0.717, 1.165) is 71.3 Å². The Bertz CT molecular complexity index is 3540. The Kier molecular flexibility index (Phi) is 7.67. The van der Waals surface area contributed by atoms with E-state index in [1.165, 1.54) is 5.39 Å². The van der Waals surface area contributed by atoms with Crippen LogP contribution in [0.4, 0.5) is 0 Å². The van der Waals surface area contributed by atoms with Crippen molar-refractivity contribution in [2.24, 2.45) is 0 Å². The highest BCUT2D eigenvalue weighted by molar-refractivity contribution is 6.13. The minimum Gasteiger partial charge on any atom is -0.278 e. The molecular formula is C52H32N8. The quantitative estimate of drug-likeness (QED) is 0.167. The van der Waals surface area contributed by atoms with Gasteiger partial charge in [0.1, 0.15) is 0 Å². The van der Waals surface area contributed by atoms with Crippen molar-refractivity contribution in [3.05, 3.63) is 194 Å². The van der Waals surface area contributed by atoms with Crippen LogP contribution < -0.4 is 0 Å². The van der Waals surface area contributed by atoms with Gasteiger partial charge in [-0.15, -0.1) is 0 Å². The van der Waals surface area contributed by atoms with Crippen LogP contribution in [0.25, 0.3) is 112 Å². The van der Waals surface area contributed by atoms with Crippen molar-refractivity contribution in [3.8, 4) is 57.4 Å². The van der Waals surface area contributed by atoms with Crippen molar-refractivity contribution < 1.29 is 0 Å². The summed E-state index contributed by atoms with van der Waals surface area (Å²) < 4.78 is 4.31. The minimum absolute atomic E-state index is 0.536. The summed E-state index contributed by atoms with van der Waals surface area (Å²) in [6, 6.07) is 66.4. The lowest BCUT2D eigenvalue weighted by Gasteiger charge is -2.12. The average Bonchev–Trinajstić information content (AvgIpc) is 3.83. The topological polar surface area (TPSA) is 87.2 Å². The van der Waals surface area contributed by atoms with Gasteiger partial charge in [0.25, 0.3) is 0 Å². The molecule has 8 heteroatoms. The maximum atomic E-state index is 5.30. The maximum absolute atomic E-state index is 5.30. The van der Waals surface area contributed by atoms with Gasteiger partial charge in [0.05, 0.1) is 22.1 Å². The van der Waals surface area contributed by atoms with Crippen LogP contribution in [0.1, 0.15) is 0 Å². The van der Waals surface area contributed by atoms with E-state index in [1.807, 2.05) is 91.0 Å². The number of para-hydroxylation sites is 2. The zero-order chi connectivity index (χ0) is 39.6. The van der Waals surface area contributed by atoms with E-state index in [0.29, 0.717) is 35.2 Å². The van der Waals surface area contributed by atoms with Gasteiger partial charge in [0.15, 0.2) is 23.3 Å². The van der Waals surface area contributed by atoms with Crippen LogP contribution >= 0.6 is 0 Å². The first kappa shape index (κ1) is 33.7. The average molecular weight is 769 g/mol. The second kappa shape index (κ2) is 13.6. The van der Waals surface area contributed by atoms with Crippen molar-refractivity contribution >= 4 is 54.4 Å². The van der Waals surface area contributed by atoms with Crippen LogP contribution in [0, 0.1) is 0 Å². The van der Waals surface area contributed by atoms with Crippen molar-refractivity contribution in [1.29, 1.82) is 0 Å². The van der Waals surface area contributed by atoms with Gasteiger partial charge in [-0.3, -0.25) is 9.13 Å². The third-order valence-electron chi connectivity index (χ3n) is 11.2. The first-order valence-electron chi connectivity index (χ1n) is 19.9. The number of nitrogens with zero attached hydrogens (tertiary/aromatic N) is 8. The molecule has 12 aromatic rings. The lowest BCUT2D eigenvalue weighted by Crippen LogP contribution is -2.07. The van der Waals surface area contributed by atoms with Crippen LogP contribution in [-0.4, -0.2) is 39.0 Å². The molecular weight excluding hydrogens is 737 g/mol. The highest BCUT2D eigenvalue weighted by atomic mass is 15.2. The molecule has 8 aromatic carbocycles. The Morgan fingerprint density at radius 3 is 1.15 bits per heavy atom. The van der Waals surface area contributed by atoms with Gasteiger partial charge in [0.2, 0.25) is 11.9 Å². The number of fused-ring (bicyclic) bond motifs is 7. The monoisotopic (exact) mass is 768 g/mol. The van der Waals surface area contributed by atoms with Crippen LogP contribution in [0.3, 0.4) is 0 Å². The molecule has 60 heavy (non-hydrogen) atoms. The summed E-state index contributed by atoms with van der Waals surface area (Å²) >= 11 is 0. The fraction of sp³-hybridized carbons (Fsp3) is 0. The molecule has 0 saturated heterocycles. The van der Waals surface area contributed by atoms with Gasteiger partial charge in [-0.05, 0) is 53.2 Å². The maximum Gasteiger partial charge on any atom is 0.238 e. The van der Waals surface area contributed by atoms with E-state index in [1.54, 1.807) is 0 Å². The summed E-state index contributed by atoms with van der Waals surface area (Å²) in [6.07, 6.45) is 0. The molecule has 12 rings (SSSR count). The van der Waals surface area contributed by atoms with Crippen molar-refractivity contribution in [1.82, 2.24) is 39.0 Å². The fourth-order valence-corrected chi connectivity index (χ4v) is 8.41. The molecule has 8 nitrogen and oxygen atoms in total. The van der Waals surface area contributed by atoms with Crippen LogP contribution in [-0.2, 0) is 0 Å². The standard InChI is InChI=1S/C52H32N8/c1-4-16-33(17-5-1)47-53-48(34-18-6-2-7-19-34)56-51(55-47)59-43-26-14-12-24-39(43)41-31-38(28-29-45(41)59)50-54-49(35-20-8-3-9-21-35)57-52(58-50)60-44-27-15-13-25-40(44)42-30-36-22-10-11-23-37(36)32-46(42)60/h1-32H. The number of hydrogen-bond donors (Lipinski definition) is 0. The Hall–Kier alpha value is -8.36. The van der Waals surface area contributed by atoms with Crippen LogP contribution in [0.15, 0.2) is 194 Å². The molecule has 0 aliphatic rings. The summed E-state index contributed by atoms with van der Waals surface area (Å²) in [5.74, 6) is 3.46. The third-order valence-corrected chi connectivity index (χ3v) is 11.2. The van der Waals surface area contributed by atoms with E-state index in [9.17, 15) is 0 Å². The number of rotatable bonds is 6. The van der Waals surface area contributed by atoms with E-state index < -0.39 is 0 Å². The molecule has 0 saturated carbocycles. The normalized spacial score (nSPS) is 11.7. The van der Waals surface area contributed by atoms with E-state index in [2.05, 4.69) is 112 Å². The molecule has 0 aliphatic heterocycles. The Morgan fingerprint density at radius 2 is 0.633 bits per heavy atom. The van der Waals surface area contributed by atoms with Gasteiger partial charge in [0, 0.05) is 43.8 Å². The molecule has 0 unspecified atom stereocenters. The summed E-state index contributed by atoms with van der Waals surface area (Å²) in [4.78, 5) is 30.8. The smallest absolute Gasteiger partial charge is 0.238 e. The van der Waals surface area contributed by atoms with Crippen molar-refractivity contribution in [3.63, 3.8) is 0 Å². The van der Waals surface area contributed by atoms with E-state index in [4.69, 9.17) is 29.9 Å². The predicted molar refractivity (Wildman–Crippen MR) is 241 cm³/mol. The lowest BCUT2D eigenvalue weighted by atomic mass is 10.1. The van der Waals surface area contributed by atoms with Gasteiger partial charge in [-0.2, -0.15) is 19.9 Å². The Balaban J connectivity index is 1.09. The van der Waals surface area contributed by atoms with Gasteiger partial charge >= 0.3 is 0 Å². The van der Waals surface area contributed by atoms with Crippen molar-refractivity contribution in [2.75, 3.05) is 0 Å². The molecule has 0 bridgehead atoms. The summed E-state index contributed by atoms with van der Waals surface area (Å²) in [5, 5.41) is 6.71. The van der Waals surface area contributed by atoms with Gasteiger partial charge in [-0.1, -0.05) is 152 Å². The van der Waals surface area contributed by atoms with Gasteiger partial charge in [-0.25, -0.2) is 9.97 Å². The highest BCUT2D eigenvalue weighted by Gasteiger charge is 2.21. The Labute approximate surface area is 343 Å². The number of hydrogen-bond acceptors (Lipinski definition) is 6. The molecule has 0 radical (unpaired) electrons. The SMILES string of the molecule is c1ccc(-c2nc(-c3ccccc3)nc(-n3c4ccccc4c4cc(-c5nc(-c6ccccc6)nc(-n6c7ccccc7c7cc8ccccc8cc76)n5)ccc43)n2)cc1. The summed E-state index contributed by atoms with van der Waals surface area (Å²) in [5.41, 5.74) is 7.60. The van der Waals surface area contributed by atoms with Crippen molar-refractivity contribution in [2.45, 2.75) is 0 Å². The van der Waals surface area contributed by atoms with Gasteiger partial charge < -0.3 is 0 Å². The number of aromatic nitrogens is 8. The molecule has 0 amide bonds. The van der Waals surface area contributed by atoms with E-state index in [-0.39, 0.29) is 0 Å². The molecule has 0 fully saturated rings. The largest absolute Gasteiger partial charge is 0.278 e. The zero-order valence-electron chi connectivity index (χ0n) is 32.1. The number of benzene rings is 8. The molecule has 0 aliphatic carbocycles. The zero-order valence-corrected chi connectivity index (χ0v) is 32.1. The second-order valence-corrected chi connectivity index (χ2v) is 14.8. The van der Waals surface area contributed by atoms with Crippen LogP contribution in [0.2, 0.25) is 0 Å². The fourth-order valence-electron chi connectivity index (χ4n) is 8.41. The molecule has 0 spiro atoms. The first-order valence-corrected chi connectivity index (χ1v) is 19.9. The highest BCUT2D eigenvalue weighted by Crippen LogP contribution is 2.37. The molecule has 0 N–H and O–H groups in total. The molecule has 0 atom stereocenters. The lowest BCUT2D eigenvalue weighted by molar-refractivity contribution is 0.952. The van der Waals surface area contributed by atoms with Crippen LogP contribution in [0.5, 0.6) is 0 Å². The minimum atomic E-state index is 0.536. The summed E-state index contributed by atoms with van der Waals surface area (Å²) in [7, 11) is 0.